The molecule has 3 heterocycles. The first-order chi connectivity index (χ1) is 10.9. The average Bonchev–Trinajstić information content (AvgIpc) is 3.20. The van der Waals surface area contributed by atoms with Gasteiger partial charge in [-0.05, 0) is 36.4 Å². The predicted octanol–water partition coefficient (Wildman–Crippen LogP) is 2.94. The molecule has 2 aromatic rings. The number of benzene rings is 1. The number of ether oxygens (including phenoxy) is 2. The number of pyridine rings is 1. The largest absolute Gasteiger partial charge is 0.472 e. The quantitative estimate of drug-likeness (QED) is 0.945. The summed E-state index contributed by atoms with van der Waals surface area (Å²) >= 11 is 0. The van der Waals surface area contributed by atoms with E-state index >= 15 is 0 Å². The highest BCUT2D eigenvalue weighted by Crippen LogP contribution is 2.31. The highest BCUT2D eigenvalue weighted by Gasteiger charge is 2.23. The van der Waals surface area contributed by atoms with E-state index in [1.165, 1.54) is 0 Å². The van der Waals surface area contributed by atoms with Gasteiger partial charge in [-0.1, -0.05) is 18.2 Å². The summed E-state index contributed by atoms with van der Waals surface area (Å²) in [4.78, 5) is 8.81. The van der Waals surface area contributed by atoms with Crippen LogP contribution in [0.4, 0.5) is 5.69 Å². The SMILES string of the molecule is C1=CC(c2ccccn2)N=C1OCC1Nc2ccccc2O1. The van der Waals surface area contributed by atoms with Gasteiger partial charge < -0.3 is 14.8 Å². The number of aromatic nitrogens is 1. The highest BCUT2D eigenvalue weighted by atomic mass is 16.6. The fourth-order valence-electron chi connectivity index (χ4n) is 2.48. The number of para-hydroxylation sites is 2. The van der Waals surface area contributed by atoms with Gasteiger partial charge in [0.05, 0.1) is 11.4 Å². The van der Waals surface area contributed by atoms with Crippen LogP contribution in [0.3, 0.4) is 0 Å². The summed E-state index contributed by atoms with van der Waals surface area (Å²) in [6, 6.07) is 13.6. The number of fused-ring (bicyclic) bond motifs is 1. The lowest BCUT2D eigenvalue weighted by molar-refractivity contribution is 0.158. The Hall–Kier alpha value is -2.82. The molecule has 2 aliphatic rings. The Balaban J connectivity index is 1.35. The van der Waals surface area contributed by atoms with Crippen LogP contribution in [0.5, 0.6) is 5.75 Å². The first-order valence-corrected chi connectivity index (χ1v) is 7.20. The first-order valence-electron chi connectivity index (χ1n) is 7.20. The van der Waals surface area contributed by atoms with E-state index in [9.17, 15) is 0 Å². The summed E-state index contributed by atoms with van der Waals surface area (Å²) in [5.41, 5.74) is 1.91. The average molecular weight is 293 g/mol. The number of hydrogen-bond donors (Lipinski definition) is 1. The minimum Gasteiger partial charge on any atom is -0.472 e. The van der Waals surface area contributed by atoms with Crippen LogP contribution < -0.4 is 10.1 Å². The van der Waals surface area contributed by atoms with Crippen LogP contribution in [0.15, 0.2) is 65.8 Å². The minimum atomic E-state index is -0.192. The molecular weight excluding hydrogens is 278 g/mol. The number of nitrogens with zero attached hydrogens (tertiary/aromatic N) is 2. The monoisotopic (exact) mass is 293 g/mol. The molecule has 0 radical (unpaired) electrons. The molecule has 2 unspecified atom stereocenters. The van der Waals surface area contributed by atoms with Gasteiger partial charge in [-0.25, -0.2) is 4.99 Å². The van der Waals surface area contributed by atoms with Gasteiger partial charge in [0.1, 0.15) is 18.4 Å². The van der Waals surface area contributed by atoms with Crippen molar-refractivity contribution in [2.24, 2.45) is 4.99 Å². The van der Waals surface area contributed by atoms with Crippen molar-refractivity contribution in [2.45, 2.75) is 12.3 Å². The molecule has 1 N–H and O–H groups in total. The van der Waals surface area contributed by atoms with Gasteiger partial charge in [-0.3, -0.25) is 4.98 Å². The standard InChI is InChI=1S/C17H15N3O2/c1-2-7-15-14(6-1)20-17(22-15)11-21-16-9-8-13(19-16)12-5-3-4-10-18-12/h1-10,13,17,20H,11H2. The topological polar surface area (TPSA) is 55.7 Å². The number of aliphatic imine (C=N–C) groups is 1. The fraction of sp³-hybridized carbons (Fsp3) is 0.176. The maximum absolute atomic E-state index is 5.75. The molecule has 0 amide bonds. The van der Waals surface area contributed by atoms with Crippen molar-refractivity contribution in [3.8, 4) is 5.75 Å². The lowest BCUT2D eigenvalue weighted by Crippen LogP contribution is -2.27. The van der Waals surface area contributed by atoms with Crippen LogP contribution in [-0.2, 0) is 4.74 Å². The molecule has 0 fully saturated rings. The van der Waals surface area contributed by atoms with Crippen molar-refractivity contribution in [2.75, 3.05) is 11.9 Å². The third kappa shape index (κ3) is 2.53. The second kappa shape index (κ2) is 5.52. The Labute approximate surface area is 128 Å². The van der Waals surface area contributed by atoms with E-state index in [-0.39, 0.29) is 12.3 Å². The molecule has 4 rings (SSSR count). The molecule has 110 valence electrons. The number of nitrogens with one attached hydrogen (secondary N) is 1. The first kappa shape index (κ1) is 12.9. The maximum Gasteiger partial charge on any atom is 0.209 e. The fourth-order valence-corrected chi connectivity index (χ4v) is 2.48. The van der Waals surface area contributed by atoms with Gasteiger partial charge in [0.15, 0.2) is 0 Å². The van der Waals surface area contributed by atoms with E-state index in [0.717, 1.165) is 17.1 Å². The zero-order chi connectivity index (χ0) is 14.8. The molecule has 5 heteroatoms. The zero-order valence-electron chi connectivity index (χ0n) is 11.8. The van der Waals surface area contributed by atoms with E-state index in [2.05, 4.69) is 15.3 Å². The van der Waals surface area contributed by atoms with Gasteiger partial charge in [0.2, 0.25) is 12.1 Å². The van der Waals surface area contributed by atoms with Crippen molar-refractivity contribution in [3.63, 3.8) is 0 Å². The van der Waals surface area contributed by atoms with E-state index in [1.807, 2.05) is 54.6 Å². The molecule has 1 aromatic heterocycles. The van der Waals surface area contributed by atoms with Crippen LogP contribution in [0.2, 0.25) is 0 Å². The molecule has 0 spiro atoms. The number of hydrogen-bond acceptors (Lipinski definition) is 5. The van der Waals surface area contributed by atoms with Gasteiger partial charge in [0.25, 0.3) is 0 Å². The van der Waals surface area contributed by atoms with Crippen molar-refractivity contribution in [3.05, 3.63) is 66.5 Å². The van der Waals surface area contributed by atoms with Crippen molar-refractivity contribution < 1.29 is 9.47 Å². The van der Waals surface area contributed by atoms with Gasteiger partial charge >= 0.3 is 0 Å². The van der Waals surface area contributed by atoms with Crippen LogP contribution in [-0.4, -0.2) is 23.7 Å². The lowest BCUT2D eigenvalue weighted by atomic mass is 10.2. The third-order valence-electron chi connectivity index (χ3n) is 3.53. The molecule has 0 saturated carbocycles. The zero-order valence-corrected chi connectivity index (χ0v) is 11.8. The third-order valence-corrected chi connectivity index (χ3v) is 3.53. The van der Waals surface area contributed by atoms with E-state index in [0.29, 0.717) is 12.5 Å². The van der Waals surface area contributed by atoms with Crippen molar-refractivity contribution in [1.82, 2.24) is 4.98 Å². The number of anilines is 1. The Morgan fingerprint density at radius 2 is 2.05 bits per heavy atom. The molecular formula is C17H15N3O2. The Morgan fingerprint density at radius 3 is 2.91 bits per heavy atom. The van der Waals surface area contributed by atoms with Crippen molar-refractivity contribution >= 4 is 11.6 Å². The summed E-state index contributed by atoms with van der Waals surface area (Å²) < 4.78 is 11.5. The molecule has 0 aliphatic carbocycles. The van der Waals surface area contributed by atoms with E-state index in [4.69, 9.17) is 9.47 Å². The molecule has 1 aromatic carbocycles. The normalized spacial score (nSPS) is 21.7. The Morgan fingerprint density at radius 1 is 1.14 bits per heavy atom. The predicted molar refractivity (Wildman–Crippen MR) is 84.0 cm³/mol. The van der Waals surface area contributed by atoms with Crippen LogP contribution >= 0.6 is 0 Å². The second-order valence-corrected chi connectivity index (χ2v) is 5.08. The summed E-state index contributed by atoms with van der Waals surface area (Å²) in [5, 5.41) is 3.26. The summed E-state index contributed by atoms with van der Waals surface area (Å²) in [6.07, 6.45) is 5.43. The molecule has 5 nitrogen and oxygen atoms in total. The van der Waals surface area contributed by atoms with Crippen LogP contribution in [0, 0.1) is 0 Å². The maximum atomic E-state index is 5.75. The van der Waals surface area contributed by atoms with Crippen LogP contribution in [0.25, 0.3) is 0 Å². The Kier molecular flexibility index (Phi) is 3.23. The summed E-state index contributed by atoms with van der Waals surface area (Å²) in [6.45, 7) is 0.396. The smallest absolute Gasteiger partial charge is 0.209 e. The summed E-state index contributed by atoms with van der Waals surface area (Å²) in [7, 11) is 0. The van der Waals surface area contributed by atoms with Gasteiger partial charge in [-0.2, -0.15) is 0 Å². The van der Waals surface area contributed by atoms with E-state index < -0.39 is 0 Å². The van der Waals surface area contributed by atoms with E-state index in [1.54, 1.807) is 6.20 Å². The molecule has 2 atom stereocenters. The number of rotatable bonds is 3. The molecule has 2 aliphatic heterocycles. The lowest BCUT2D eigenvalue weighted by Gasteiger charge is -2.12. The van der Waals surface area contributed by atoms with Gasteiger partial charge in [0, 0.05) is 6.20 Å². The molecule has 0 bridgehead atoms. The van der Waals surface area contributed by atoms with Crippen LogP contribution in [0.1, 0.15) is 11.7 Å². The summed E-state index contributed by atoms with van der Waals surface area (Å²) in [5.74, 6) is 1.46. The minimum absolute atomic E-state index is 0.0640. The highest BCUT2D eigenvalue weighted by molar-refractivity contribution is 5.90. The second-order valence-electron chi connectivity index (χ2n) is 5.08. The Bertz CT molecular complexity index is 703. The van der Waals surface area contributed by atoms with Gasteiger partial charge in [-0.15, -0.1) is 0 Å². The molecule has 0 saturated heterocycles. The molecule has 22 heavy (non-hydrogen) atoms. The van der Waals surface area contributed by atoms with Crippen molar-refractivity contribution in [1.29, 1.82) is 0 Å².